The van der Waals surface area contributed by atoms with Crippen LogP contribution in [0.5, 0.6) is 0 Å². The van der Waals surface area contributed by atoms with Gasteiger partial charge in [0.15, 0.2) is 0 Å². The Morgan fingerprint density at radius 2 is 1.86 bits per heavy atom. The van der Waals surface area contributed by atoms with E-state index in [0.717, 1.165) is 24.7 Å². The number of nitrogens with one attached hydrogen (secondary N) is 1. The van der Waals surface area contributed by atoms with E-state index in [1.54, 1.807) is 0 Å². The summed E-state index contributed by atoms with van der Waals surface area (Å²) in [7, 11) is 1.96. The molecule has 0 fully saturated rings. The van der Waals surface area contributed by atoms with Crippen molar-refractivity contribution in [3.63, 3.8) is 0 Å². The van der Waals surface area contributed by atoms with Gasteiger partial charge in [-0.3, -0.25) is 0 Å². The second-order valence-corrected chi connectivity index (χ2v) is 5.39. The summed E-state index contributed by atoms with van der Waals surface area (Å²) in [6.07, 6.45) is 0.977. The Hall–Kier alpha value is -1.94. The van der Waals surface area contributed by atoms with E-state index in [1.165, 1.54) is 17.7 Å². The zero-order valence-electron chi connectivity index (χ0n) is 11.9. The van der Waals surface area contributed by atoms with Crippen molar-refractivity contribution < 1.29 is 8.78 Å². The molecule has 1 unspecified atom stereocenters. The number of hydrogen-bond donors (Lipinski definition) is 1. The third kappa shape index (κ3) is 2.90. The van der Waals surface area contributed by atoms with E-state index in [4.69, 9.17) is 0 Å². The molecule has 0 saturated carbocycles. The maximum absolute atomic E-state index is 13.3. The summed E-state index contributed by atoms with van der Waals surface area (Å²) in [6, 6.07) is 12.2. The molecular weight excluding hydrogens is 270 g/mol. The fraction of sp³-hybridized carbons (Fsp3) is 0.294. The van der Waals surface area contributed by atoms with Crippen LogP contribution in [0.2, 0.25) is 0 Å². The van der Waals surface area contributed by atoms with E-state index in [1.807, 2.05) is 19.2 Å². The van der Waals surface area contributed by atoms with Crippen molar-refractivity contribution in [1.82, 2.24) is 5.32 Å². The highest BCUT2D eigenvalue weighted by Crippen LogP contribution is 2.34. The van der Waals surface area contributed by atoms with Gasteiger partial charge in [0.05, 0.1) is 0 Å². The first-order valence-electron chi connectivity index (χ1n) is 7.13. The minimum absolute atomic E-state index is 0.335. The first-order chi connectivity index (χ1) is 10.2. The molecule has 0 aliphatic carbocycles. The molecule has 0 spiro atoms. The van der Waals surface area contributed by atoms with Crippen LogP contribution in [-0.2, 0) is 6.54 Å². The molecule has 2 nitrogen and oxygen atoms in total. The summed E-state index contributed by atoms with van der Waals surface area (Å²) in [6.45, 7) is 1.38. The summed E-state index contributed by atoms with van der Waals surface area (Å²) in [4.78, 5) is 2.18. The van der Waals surface area contributed by atoms with Crippen molar-refractivity contribution in [3.05, 3.63) is 65.2 Å². The highest BCUT2D eigenvalue weighted by molar-refractivity contribution is 5.57. The van der Waals surface area contributed by atoms with Crippen LogP contribution in [-0.4, -0.2) is 13.6 Å². The first kappa shape index (κ1) is 14.0. The van der Waals surface area contributed by atoms with Crippen LogP contribution >= 0.6 is 0 Å². The molecule has 0 saturated heterocycles. The maximum atomic E-state index is 13.3. The molecule has 0 aromatic heterocycles. The average Bonchev–Trinajstić information content (AvgIpc) is 2.46. The quantitative estimate of drug-likeness (QED) is 0.927. The Labute approximate surface area is 123 Å². The molecule has 110 valence electrons. The van der Waals surface area contributed by atoms with Gasteiger partial charge in [0, 0.05) is 30.9 Å². The summed E-state index contributed by atoms with van der Waals surface area (Å²) in [5.74, 6) is -1.05. The van der Waals surface area contributed by atoms with E-state index in [9.17, 15) is 8.78 Å². The van der Waals surface area contributed by atoms with E-state index in [-0.39, 0.29) is 0 Å². The van der Waals surface area contributed by atoms with Gasteiger partial charge in [-0.05, 0) is 42.8 Å². The van der Waals surface area contributed by atoms with Gasteiger partial charge in [-0.15, -0.1) is 0 Å². The van der Waals surface area contributed by atoms with Gasteiger partial charge in [-0.2, -0.15) is 0 Å². The molecule has 0 radical (unpaired) electrons. The normalized spacial score (nSPS) is 17.7. The second-order valence-electron chi connectivity index (χ2n) is 5.39. The van der Waals surface area contributed by atoms with Crippen molar-refractivity contribution in [3.8, 4) is 0 Å². The summed E-state index contributed by atoms with van der Waals surface area (Å²) in [5.41, 5.74) is 3.03. The Kier molecular flexibility index (Phi) is 3.88. The lowest BCUT2D eigenvalue weighted by atomic mass is 9.96. The fourth-order valence-electron chi connectivity index (χ4n) is 3.02. The van der Waals surface area contributed by atoms with Gasteiger partial charge < -0.3 is 10.2 Å². The predicted octanol–water partition coefficient (Wildman–Crippen LogP) is 3.64. The zero-order valence-corrected chi connectivity index (χ0v) is 11.9. The van der Waals surface area contributed by atoms with Gasteiger partial charge in [-0.1, -0.05) is 18.2 Å². The van der Waals surface area contributed by atoms with E-state index in [0.29, 0.717) is 18.2 Å². The first-order valence-corrected chi connectivity index (χ1v) is 7.13. The van der Waals surface area contributed by atoms with Crippen LogP contribution in [0.25, 0.3) is 0 Å². The van der Waals surface area contributed by atoms with Gasteiger partial charge >= 0.3 is 0 Å². The average molecular weight is 288 g/mol. The van der Waals surface area contributed by atoms with Crippen molar-refractivity contribution >= 4 is 5.69 Å². The molecule has 4 heteroatoms. The van der Waals surface area contributed by atoms with Crippen LogP contribution in [0, 0.1) is 11.6 Å². The SMILES string of the molecule is CNC1CCN(Cc2cc(F)cc(F)c2)c2ccccc21. The minimum atomic E-state index is -0.525. The smallest absolute Gasteiger partial charge is 0.126 e. The van der Waals surface area contributed by atoms with Crippen LogP contribution < -0.4 is 10.2 Å². The van der Waals surface area contributed by atoms with Gasteiger partial charge in [0.2, 0.25) is 0 Å². The standard InChI is InChI=1S/C17H18F2N2/c1-20-16-6-7-21(17-5-3-2-4-15(16)17)11-12-8-13(18)10-14(19)9-12/h2-5,8-10,16,20H,6-7,11H2,1H3. The van der Waals surface area contributed by atoms with Gasteiger partial charge in [-0.25, -0.2) is 8.78 Å². The zero-order chi connectivity index (χ0) is 14.8. The third-order valence-electron chi connectivity index (χ3n) is 3.98. The topological polar surface area (TPSA) is 15.3 Å². The number of para-hydroxylation sites is 1. The number of hydrogen-bond acceptors (Lipinski definition) is 2. The number of rotatable bonds is 3. The summed E-state index contributed by atoms with van der Waals surface area (Å²) >= 11 is 0. The van der Waals surface area contributed by atoms with E-state index in [2.05, 4.69) is 22.3 Å². The third-order valence-corrected chi connectivity index (χ3v) is 3.98. The van der Waals surface area contributed by atoms with Crippen LogP contribution in [0.3, 0.4) is 0 Å². The predicted molar refractivity (Wildman–Crippen MR) is 80.3 cm³/mol. The minimum Gasteiger partial charge on any atom is -0.367 e. The fourth-order valence-corrected chi connectivity index (χ4v) is 3.02. The lowest BCUT2D eigenvalue weighted by Crippen LogP contribution is -2.34. The number of fused-ring (bicyclic) bond motifs is 1. The van der Waals surface area contributed by atoms with Gasteiger partial charge in [0.25, 0.3) is 0 Å². The van der Waals surface area contributed by atoms with E-state index < -0.39 is 11.6 Å². The maximum Gasteiger partial charge on any atom is 0.126 e. The number of nitrogens with zero attached hydrogens (tertiary/aromatic N) is 1. The number of benzene rings is 2. The van der Waals surface area contributed by atoms with Crippen LogP contribution in [0.15, 0.2) is 42.5 Å². The number of anilines is 1. The van der Waals surface area contributed by atoms with E-state index >= 15 is 0 Å². The Bertz CT molecular complexity index is 622. The molecule has 2 aromatic rings. The van der Waals surface area contributed by atoms with Crippen molar-refractivity contribution in [2.45, 2.75) is 19.0 Å². The summed E-state index contributed by atoms with van der Waals surface area (Å²) in [5, 5.41) is 3.32. The molecule has 1 N–H and O–H groups in total. The van der Waals surface area contributed by atoms with Crippen molar-refractivity contribution in [1.29, 1.82) is 0 Å². The molecule has 1 aliphatic heterocycles. The Morgan fingerprint density at radius 3 is 2.57 bits per heavy atom. The second kappa shape index (κ2) is 5.82. The molecule has 3 rings (SSSR count). The monoisotopic (exact) mass is 288 g/mol. The Balaban J connectivity index is 1.89. The molecule has 0 amide bonds. The largest absolute Gasteiger partial charge is 0.367 e. The highest BCUT2D eigenvalue weighted by Gasteiger charge is 2.23. The molecule has 1 atom stereocenters. The van der Waals surface area contributed by atoms with Crippen molar-refractivity contribution in [2.75, 3.05) is 18.5 Å². The molecule has 1 heterocycles. The molecular formula is C17H18F2N2. The lowest BCUT2D eigenvalue weighted by molar-refractivity contribution is 0.514. The van der Waals surface area contributed by atoms with Crippen LogP contribution in [0.4, 0.5) is 14.5 Å². The van der Waals surface area contributed by atoms with Crippen LogP contribution in [0.1, 0.15) is 23.6 Å². The molecule has 0 bridgehead atoms. The summed E-state index contributed by atoms with van der Waals surface area (Å²) < 4.78 is 26.7. The number of halogens is 2. The highest BCUT2D eigenvalue weighted by atomic mass is 19.1. The van der Waals surface area contributed by atoms with Crippen molar-refractivity contribution in [2.24, 2.45) is 0 Å². The Morgan fingerprint density at radius 1 is 1.14 bits per heavy atom. The molecule has 2 aromatic carbocycles. The molecule has 1 aliphatic rings. The van der Waals surface area contributed by atoms with Gasteiger partial charge in [0.1, 0.15) is 11.6 Å². The lowest BCUT2D eigenvalue weighted by Gasteiger charge is -2.35. The molecule has 21 heavy (non-hydrogen) atoms.